The molecular weight excluding hydrogens is 304 g/mol. The van der Waals surface area contributed by atoms with Gasteiger partial charge in [-0.2, -0.15) is 0 Å². The molecule has 0 spiro atoms. The molecule has 0 fully saturated rings. The zero-order valence-corrected chi connectivity index (χ0v) is 13.0. The van der Waals surface area contributed by atoms with Gasteiger partial charge in [-0.1, -0.05) is 29.8 Å². The summed E-state index contributed by atoms with van der Waals surface area (Å²) in [7, 11) is 1.54. The van der Waals surface area contributed by atoms with Gasteiger partial charge in [0, 0.05) is 6.42 Å². The van der Waals surface area contributed by atoms with Gasteiger partial charge in [-0.05, 0) is 24.3 Å². The third kappa shape index (κ3) is 4.15. The van der Waals surface area contributed by atoms with Crippen LogP contribution < -0.4 is 14.2 Å². The first kappa shape index (κ1) is 16.2. The summed E-state index contributed by atoms with van der Waals surface area (Å²) in [6, 6.07) is 12.5. The van der Waals surface area contributed by atoms with Gasteiger partial charge in [-0.25, -0.2) is 0 Å². The molecule has 0 aliphatic heterocycles. The van der Waals surface area contributed by atoms with Gasteiger partial charge in [0.1, 0.15) is 5.75 Å². The van der Waals surface area contributed by atoms with E-state index in [-0.39, 0.29) is 0 Å². The maximum Gasteiger partial charge on any atom is 0.171 e. The van der Waals surface area contributed by atoms with E-state index >= 15 is 0 Å². The minimum Gasteiger partial charge on any atom is -0.493 e. The molecule has 2 aromatic carbocycles. The summed E-state index contributed by atoms with van der Waals surface area (Å²) in [4.78, 5) is 11.0. The molecule has 0 radical (unpaired) electrons. The smallest absolute Gasteiger partial charge is 0.171 e. The lowest BCUT2D eigenvalue weighted by molar-refractivity contribution is 0.111. The number of carbonyl (C=O) groups is 1. The molecule has 0 N–H and O–H groups in total. The van der Waals surface area contributed by atoms with Crippen molar-refractivity contribution in [3.63, 3.8) is 0 Å². The predicted molar refractivity (Wildman–Crippen MR) is 85.4 cm³/mol. The quantitative estimate of drug-likeness (QED) is 0.544. The van der Waals surface area contributed by atoms with Crippen molar-refractivity contribution >= 4 is 17.9 Å². The van der Waals surface area contributed by atoms with Gasteiger partial charge in [-0.15, -0.1) is 0 Å². The maximum atomic E-state index is 11.0. The zero-order valence-electron chi connectivity index (χ0n) is 12.3. The molecule has 22 heavy (non-hydrogen) atoms. The van der Waals surface area contributed by atoms with Crippen LogP contribution in [0.15, 0.2) is 42.5 Å². The van der Waals surface area contributed by atoms with Gasteiger partial charge >= 0.3 is 0 Å². The van der Waals surface area contributed by atoms with Gasteiger partial charge in [0.05, 0.1) is 30.9 Å². The number of para-hydroxylation sites is 2. The normalized spacial score (nSPS) is 10.1. The summed E-state index contributed by atoms with van der Waals surface area (Å²) in [6.45, 7) is 0.876. The van der Waals surface area contributed by atoms with Crippen molar-refractivity contribution in [2.75, 3.05) is 20.3 Å². The van der Waals surface area contributed by atoms with Crippen LogP contribution in [0.1, 0.15) is 16.8 Å². The number of aldehydes is 1. The third-order valence-electron chi connectivity index (χ3n) is 2.99. The highest BCUT2D eigenvalue weighted by Crippen LogP contribution is 2.30. The zero-order chi connectivity index (χ0) is 15.8. The highest BCUT2D eigenvalue weighted by molar-refractivity contribution is 6.32. The fourth-order valence-corrected chi connectivity index (χ4v) is 2.11. The number of methoxy groups -OCH3 is 1. The maximum absolute atomic E-state index is 11.0. The molecule has 0 saturated heterocycles. The van der Waals surface area contributed by atoms with Crippen molar-refractivity contribution in [1.82, 2.24) is 0 Å². The largest absolute Gasteiger partial charge is 0.493 e. The van der Waals surface area contributed by atoms with Crippen LogP contribution in [0, 0.1) is 0 Å². The summed E-state index contributed by atoms with van der Waals surface area (Å²) < 4.78 is 16.4. The van der Waals surface area contributed by atoms with Crippen LogP contribution >= 0.6 is 11.6 Å². The van der Waals surface area contributed by atoms with Crippen LogP contribution in [0.25, 0.3) is 0 Å². The fraction of sp³-hybridized carbons (Fsp3) is 0.235. The first-order valence-electron chi connectivity index (χ1n) is 6.88. The first-order valence-corrected chi connectivity index (χ1v) is 7.26. The molecule has 0 aromatic heterocycles. The Hall–Kier alpha value is -2.20. The highest BCUT2D eigenvalue weighted by atomic mass is 35.5. The molecule has 2 rings (SSSR count). The van der Waals surface area contributed by atoms with E-state index < -0.39 is 0 Å². The van der Waals surface area contributed by atoms with E-state index in [1.165, 1.54) is 7.11 Å². The lowest BCUT2D eigenvalue weighted by Crippen LogP contribution is -2.07. The molecule has 0 saturated carbocycles. The highest BCUT2D eigenvalue weighted by Gasteiger charge is 2.09. The molecule has 2 aromatic rings. The standard InChI is InChI=1S/C17H17ClO4/c1-20-16-9-4-6-13(12-19)17(16)22-11-5-10-21-15-8-3-2-7-14(15)18/h2-4,6-9,12H,5,10-11H2,1H3. The van der Waals surface area contributed by atoms with Crippen LogP contribution in [-0.4, -0.2) is 26.6 Å². The summed E-state index contributed by atoms with van der Waals surface area (Å²) in [5, 5.41) is 0.580. The van der Waals surface area contributed by atoms with E-state index in [9.17, 15) is 4.79 Å². The Morgan fingerprint density at radius 1 is 1.00 bits per heavy atom. The Kier molecular flexibility index (Phi) is 6.10. The molecular formula is C17H17ClO4. The SMILES string of the molecule is COc1cccc(C=O)c1OCCCOc1ccccc1Cl. The molecule has 0 amide bonds. The molecule has 0 aliphatic carbocycles. The van der Waals surface area contributed by atoms with Crippen LogP contribution in [0.4, 0.5) is 0 Å². The Balaban J connectivity index is 1.84. The van der Waals surface area contributed by atoms with E-state index in [1.54, 1.807) is 24.3 Å². The number of carbonyl (C=O) groups excluding carboxylic acids is 1. The second-order valence-corrected chi connectivity index (χ2v) is 4.88. The second kappa shape index (κ2) is 8.29. The lowest BCUT2D eigenvalue weighted by Gasteiger charge is -2.13. The van der Waals surface area contributed by atoms with Gasteiger partial charge < -0.3 is 14.2 Å². The molecule has 116 valence electrons. The van der Waals surface area contributed by atoms with Gasteiger partial charge in [0.25, 0.3) is 0 Å². The minimum absolute atomic E-state index is 0.408. The molecule has 0 aliphatic rings. The monoisotopic (exact) mass is 320 g/mol. The summed E-state index contributed by atoms with van der Waals surface area (Å²) in [6.07, 6.45) is 1.40. The van der Waals surface area contributed by atoms with E-state index in [4.69, 9.17) is 25.8 Å². The Morgan fingerprint density at radius 2 is 1.73 bits per heavy atom. The molecule has 4 nitrogen and oxygen atoms in total. The van der Waals surface area contributed by atoms with E-state index in [2.05, 4.69) is 0 Å². The topological polar surface area (TPSA) is 44.8 Å². The number of halogens is 1. The van der Waals surface area contributed by atoms with Crippen LogP contribution in [0.5, 0.6) is 17.2 Å². The lowest BCUT2D eigenvalue weighted by atomic mass is 10.2. The fourth-order valence-electron chi connectivity index (χ4n) is 1.92. The number of benzene rings is 2. The van der Waals surface area contributed by atoms with Gasteiger partial charge in [0.15, 0.2) is 17.8 Å². The van der Waals surface area contributed by atoms with Crippen molar-refractivity contribution in [2.45, 2.75) is 6.42 Å². The van der Waals surface area contributed by atoms with Gasteiger partial charge in [-0.3, -0.25) is 4.79 Å². The average molecular weight is 321 g/mol. The van der Waals surface area contributed by atoms with Crippen molar-refractivity contribution in [2.24, 2.45) is 0 Å². The molecule has 5 heteroatoms. The van der Waals surface area contributed by atoms with Crippen LogP contribution in [0.3, 0.4) is 0 Å². The average Bonchev–Trinajstić information content (AvgIpc) is 2.56. The van der Waals surface area contributed by atoms with Crippen molar-refractivity contribution in [1.29, 1.82) is 0 Å². The number of hydrogen-bond donors (Lipinski definition) is 0. The first-order chi connectivity index (χ1) is 10.8. The van der Waals surface area contributed by atoms with E-state index in [0.717, 1.165) is 6.29 Å². The van der Waals surface area contributed by atoms with Crippen LogP contribution in [0.2, 0.25) is 5.02 Å². The van der Waals surface area contributed by atoms with E-state index in [1.807, 2.05) is 18.2 Å². The number of rotatable bonds is 8. The second-order valence-electron chi connectivity index (χ2n) is 4.48. The minimum atomic E-state index is 0.408. The molecule has 0 unspecified atom stereocenters. The van der Waals surface area contributed by atoms with E-state index in [0.29, 0.717) is 47.5 Å². The Bertz CT molecular complexity index is 628. The van der Waals surface area contributed by atoms with Gasteiger partial charge in [0.2, 0.25) is 0 Å². The summed E-state index contributed by atoms with van der Waals surface area (Å²) >= 11 is 6.00. The third-order valence-corrected chi connectivity index (χ3v) is 3.30. The Morgan fingerprint density at radius 3 is 2.45 bits per heavy atom. The summed E-state index contributed by atoms with van der Waals surface area (Å²) in [5.41, 5.74) is 0.464. The number of ether oxygens (including phenoxy) is 3. The van der Waals surface area contributed by atoms with Crippen molar-refractivity contribution in [3.05, 3.63) is 53.1 Å². The molecule has 0 atom stereocenters. The molecule has 0 bridgehead atoms. The predicted octanol–water partition coefficient (Wildman–Crippen LogP) is 4.01. The van der Waals surface area contributed by atoms with Crippen molar-refractivity contribution < 1.29 is 19.0 Å². The summed E-state index contributed by atoms with van der Waals surface area (Å²) in [5.74, 6) is 1.64. The molecule has 0 heterocycles. The number of hydrogen-bond acceptors (Lipinski definition) is 4. The van der Waals surface area contributed by atoms with Crippen molar-refractivity contribution in [3.8, 4) is 17.2 Å². The van der Waals surface area contributed by atoms with Crippen LogP contribution in [-0.2, 0) is 0 Å². The Labute approximate surface area is 134 Å².